The van der Waals surface area contributed by atoms with Gasteiger partial charge in [-0.3, -0.25) is 5.43 Å². The van der Waals surface area contributed by atoms with Gasteiger partial charge < -0.3 is 10.2 Å². The van der Waals surface area contributed by atoms with Gasteiger partial charge in [-0.05, 0) is 38.8 Å². The van der Waals surface area contributed by atoms with Crippen molar-refractivity contribution in [3.8, 4) is 0 Å². The Balaban J connectivity index is 1.85. The summed E-state index contributed by atoms with van der Waals surface area (Å²) in [6, 6.07) is 0.948. The van der Waals surface area contributed by atoms with E-state index in [1.165, 1.54) is 45.1 Å². The van der Waals surface area contributed by atoms with Crippen molar-refractivity contribution in [2.45, 2.75) is 57.5 Å². The standard InChI is InChI=1S/C13H27N5/c1-2-18-9-5-8-12(10-18)16-13(17-14)15-11-6-3-4-7-11/h11-12H,2-10,14H2,1H3,(H2,15,16,17). The zero-order valence-corrected chi connectivity index (χ0v) is 11.5. The van der Waals surface area contributed by atoms with Gasteiger partial charge in [0.05, 0.1) is 6.04 Å². The molecule has 0 aromatic heterocycles. The van der Waals surface area contributed by atoms with E-state index in [0.717, 1.165) is 19.0 Å². The summed E-state index contributed by atoms with van der Waals surface area (Å²) < 4.78 is 0. The van der Waals surface area contributed by atoms with E-state index in [2.05, 4.69) is 27.6 Å². The Morgan fingerprint density at radius 2 is 2.06 bits per heavy atom. The molecule has 18 heavy (non-hydrogen) atoms. The van der Waals surface area contributed by atoms with Crippen LogP contribution in [-0.2, 0) is 0 Å². The summed E-state index contributed by atoms with van der Waals surface area (Å²) >= 11 is 0. The molecule has 2 fully saturated rings. The number of hydrogen-bond acceptors (Lipinski definition) is 3. The molecule has 5 heteroatoms. The molecule has 0 aromatic rings. The number of hydrazine groups is 1. The molecule has 0 bridgehead atoms. The van der Waals surface area contributed by atoms with Crippen molar-refractivity contribution >= 4 is 5.96 Å². The molecule has 4 N–H and O–H groups in total. The summed E-state index contributed by atoms with van der Waals surface area (Å²) in [7, 11) is 0. The van der Waals surface area contributed by atoms with Crippen LogP contribution in [0.3, 0.4) is 0 Å². The van der Waals surface area contributed by atoms with Crippen LogP contribution in [0.1, 0.15) is 45.4 Å². The van der Waals surface area contributed by atoms with E-state index < -0.39 is 0 Å². The Kier molecular flexibility index (Phi) is 5.26. The first-order valence-electron chi connectivity index (χ1n) is 7.35. The summed E-state index contributed by atoms with van der Waals surface area (Å²) in [5, 5.41) is 3.47. The second kappa shape index (κ2) is 6.95. The highest BCUT2D eigenvalue weighted by atomic mass is 15.3. The van der Waals surface area contributed by atoms with E-state index in [1.54, 1.807) is 0 Å². The minimum absolute atomic E-state index is 0.467. The van der Waals surface area contributed by atoms with Crippen molar-refractivity contribution in [3.05, 3.63) is 0 Å². The minimum atomic E-state index is 0.467. The predicted octanol–water partition coefficient (Wildman–Crippen LogP) is 0.822. The topological polar surface area (TPSA) is 65.7 Å². The molecule has 2 rings (SSSR count). The lowest BCUT2D eigenvalue weighted by Crippen LogP contribution is -2.52. The second-order valence-corrected chi connectivity index (χ2v) is 5.44. The van der Waals surface area contributed by atoms with Crippen molar-refractivity contribution in [2.75, 3.05) is 19.6 Å². The molecule has 1 saturated carbocycles. The quantitative estimate of drug-likeness (QED) is 0.301. The van der Waals surface area contributed by atoms with Gasteiger partial charge in [0.1, 0.15) is 0 Å². The molecule has 104 valence electrons. The largest absolute Gasteiger partial charge is 0.351 e. The fourth-order valence-electron chi connectivity index (χ4n) is 2.99. The molecule has 1 atom stereocenters. The first-order valence-corrected chi connectivity index (χ1v) is 7.35. The predicted molar refractivity (Wildman–Crippen MR) is 75.3 cm³/mol. The Labute approximate surface area is 110 Å². The number of aliphatic imine (C=N–C) groups is 1. The summed E-state index contributed by atoms with van der Waals surface area (Å²) in [5.74, 6) is 6.36. The first kappa shape index (κ1) is 13.6. The van der Waals surface area contributed by atoms with Gasteiger partial charge in [0.2, 0.25) is 5.96 Å². The smallest absolute Gasteiger partial charge is 0.206 e. The molecular weight excluding hydrogens is 226 g/mol. The number of nitrogens with zero attached hydrogens (tertiary/aromatic N) is 2. The Bertz CT molecular complexity index is 273. The number of hydrogen-bond donors (Lipinski definition) is 3. The van der Waals surface area contributed by atoms with Crippen LogP contribution < -0.4 is 16.6 Å². The number of guanidine groups is 1. The molecule has 0 aromatic carbocycles. The maximum atomic E-state index is 5.58. The van der Waals surface area contributed by atoms with Crippen molar-refractivity contribution in [3.63, 3.8) is 0 Å². The van der Waals surface area contributed by atoms with Gasteiger partial charge in [-0.15, -0.1) is 0 Å². The fraction of sp³-hybridized carbons (Fsp3) is 0.923. The lowest BCUT2D eigenvalue weighted by molar-refractivity contribution is 0.209. The highest BCUT2D eigenvalue weighted by Gasteiger charge is 2.20. The van der Waals surface area contributed by atoms with E-state index in [9.17, 15) is 0 Å². The highest BCUT2D eigenvalue weighted by molar-refractivity contribution is 5.79. The van der Waals surface area contributed by atoms with Crippen molar-refractivity contribution in [1.29, 1.82) is 0 Å². The van der Waals surface area contributed by atoms with E-state index in [0.29, 0.717) is 12.1 Å². The average molecular weight is 253 g/mol. The summed E-state index contributed by atoms with van der Waals surface area (Å²) in [6.45, 7) is 5.67. The van der Waals surface area contributed by atoms with Gasteiger partial charge in [-0.25, -0.2) is 10.8 Å². The summed E-state index contributed by atoms with van der Waals surface area (Å²) in [4.78, 5) is 7.17. The third-order valence-electron chi connectivity index (χ3n) is 4.07. The summed E-state index contributed by atoms with van der Waals surface area (Å²) in [5.41, 5.74) is 2.73. The minimum Gasteiger partial charge on any atom is -0.351 e. The van der Waals surface area contributed by atoms with Crippen LogP contribution in [0.25, 0.3) is 0 Å². The van der Waals surface area contributed by atoms with Crippen LogP contribution in [0.2, 0.25) is 0 Å². The van der Waals surface area contributed by atoms with Gasteiger partial charge in [0.25, 0.3) is 0 Å². The number of likely N-dealkylation sites (N-methyl/N-ethyl adjacent to an activating group) is 1. The third-order valence-corrected chi connectivity index (χ3v) is 4.07. The number of piperidine rings is 1. The van der Waals surface area contributed by atoms with Crippen LogP contribution in [0.5, 0.6) is 0 Å². The van der Waals surface area contributed by atoms with Gasteiger partial charge in [0, 0.05) is 12.6 Å². The number of rotatable bonds is 3. The van der Waals surface area contributed by atoms with E-state index in [4.69, 9.17) is 5.84 Å². The van der Waals surface area contributed by atoms with Gasteiger partial charge in [-0.2, -0.15) is 0 Å². The zero-order valence-electron chi connectivity index (χ0n) is 11.5. The normalized spacial score (nSPS) is 27.4. The lowest BCUT2D eigenvalue weighted by atomic mass is 10.1. The number of nitrogens with one attached hydrogen (secondary N) is 2. The van der Waals surface area contributed by atoms with Crippen molar-refractivity contribution < 1.29 is 0 Å². The van der Waals surface area contributed by atoms with E-state index in [-0.39, 0.29) is 0 Å². The van der Waals surface area contributed by atoms with Crippen LogP contribution in [0.15, 0.2) is 4.99 Å². The van der Waals surface area contributed by atoms with Crippen molar-refractivity contribution in [2.24, 2.45) is 10.8 Å². The zero-order chi connectivity index (χ0) is 12.8. The Morgan fingerprint density at radius 3 is 2.72 bits per heavy atom. The lowest BCUT2D eigenvalue weighted by Gasteiger charge is -2.33. The molecule has 0 spiro atoms. The van der Waals surface area contributed by atoms with Gasteiger partial charge >= 0.3 is 0 Å². The molecule has 1 unspecified atom stereocenters. The number of nitrogens with two attached hydrogens (primary N) is 1. The molecule has 1 saturated heterocycles. The number of likely N-dealkylation sites (tertiary alicyclic amines) is 1. The molecule has 2 aliphatic rings. The maximum absolute atomic E-state index is 5.58. The molecule has 0 radical (unpaired) electrons. The Hall–Kier alpha value is -0.810. The molecule has 1 aliphatic heterocycles. The van der Waals surface area contributed by atoms with E-state index >= 15 is 0 Å². The molecule has 5 nitrogen and oxygen atoms in total. The van der Waals surface area contributed by atoms with Crippen LogP contribution in [-0.4, -0.2) is 42.6 Å². The van der Waals surface area contributed by atoms with Crippen LogP contribution in [0.4, 0.5) is 0 Å². The Morgan fingerprint density at radius 1 is 1.28 bits per heavy atom. The van der Waals surface area contributed by atoms with Crippen molar-refractivity contribution in [1.82, 2.24) is 15.6 Å². The third kappa shape index (κ3) is 3.85. The SMILES string of the molecule is CCN1CCCC(NC(=NC2CCCC2)NN)C1. The molecule has 1 aliphatic carbocycles. The second-order valence-electron chi connectivity index (χ2n) is 5.44. The monoisotopic (exact) mass is 253 g/mol. The van der Waals surface area contributed by atoms with Crippen LogP contribution >= 0.6 is 0 Å². The maximum Gasteiger partial charge on any atom is 0.206 e. The average Bonchev–Trinajstić information content (AvgIpc) is 2.91. The summed E-state index contributed by atoms with van der Waals surface area (Å²) in [6.07, 6.45) is 7.49. The molecular formula is C13H27N5. The highest BCUT2D eigenvalue weighted by Crippen LogP contribution is 2.20. The van der Waals surface area contributed by atoms with Crippen LogP contribution in [0, 0.1) is 0 Å². The van der Waals surface area contributed by atoms with Gasteiger partial charge in [-0.1, -0.05) is 19.8 Å². The molecule has 1 heterocycles. The fourth-order valence-corrected chi connectivity index (χ4v) is 2.99. The molecule has 0 amide bonds. The first-order chi connectivity index (χ1) is 8.81. The van der Waals surface area contributed by atoms with Gasteiger partial charge in [0.15, 0.2) is 0 Å². The van der Waals surface area contributed by atoms with E-state index in [1.807, 2.05) is 0 Å².